The molecule has 1 aromatic carbocycles. The molecule has 2 aliphatic heterocycles. The monoisotopic (exact) mass is 303 g/mol. The van der Waals surface area contributed by atoms with E-state index in [9.17, 15) is 4.79 Å². The second-order valence-corrected chi connectivity index (χ2v) is 6.07. The number of morpholine rings is 1. The highest BCUT2D eigenvalue weighted by Crippen LogP contribution is 2.10. The van der Waals surface area contributed by atoms with Crippen molar-refractivity contribution in [1.82, 2.24) is 15.5 Å². The van der Waals surface area contributed by atoms with Gasteiger partial charge in [-0.05, 0) is 30.5 Å². The van der Waals surface area contributed by atoms with Gasteiger partial charge in [0.05, 0.1) is 19.3 Å². The Labute approximate surface area is 132 Å². The molecule has 0 saturated carbocycles. The number of carbonyl (C=O) groups is 1. The third-order valence-electron chi connectivity index (χ3n) is 4.38. The van der Waals surface area contributed by atoms with Gasteiger partial charge in [0.15, 0.2) is 0 Å². The van der Waals surface area contributed by atoms with Crippen molar-refractivity contribution < 1.29 is 9.53 Å². The fourth-order valence-corrected chi connectivity index (χ4v) is 3.00. The number of benzene rings is 1. The van der Waals surface area contributed by atoms with Gasteiger partial charge in [-0.25, -0.2) is 0 Å². The zero-order valence-corrected chi connectivity index (χ0v) is 13.0. The van der Waals surface area contributed by atoms with Crippen LogP contribution in [0.5, 0.6) is 0 Å². The molecule has 0 spiro atoms. The predicted molar refractivity (Wildman–Crippen MR) is 85.4 cm³/mol. The van der Waals surface area contributed by atoms with Crippen LogP contribution < -0.4 is 10.6 Å². The average Bonchev–Trinajstić information content (AvgIpc) is 3.09. The lowest BCUT2D eigenvalue weighted by atomic mass is 10.1. The van der Waals surface area contributed by atoms with Gasteiger partial charge in [0.2, 0.25) is 5.91 Å². The third kappa shape index (κ3) is 4.29. The number of hydrogen-bond acceptors (Lipinski definition) is 4. The van der Waals surface area contributed by atoms with E-state index in [0.717, 1.165) is 57.8 Å². The van der Waals surface area contributed by atoms with Gasteiger partial charge >= 0.3 is 0 Å². The molecule has 0 aliphatic carbocycles. The van der Waals surface area contributed by atoms with Crippen molar-refractivity contribution >= 4 is 5.91 Å². The van der Waals surface area contributed by atoms with Crippen molar-refractivity contribution in [2.45, 2.75) is 32.0 Å². The summed E-state index contributed by atoms with van der Waals surface area (Å²) in [5, 5.41) is 6.23. The second-order valence-electron chi connectivity index (χ2n) is 6.07. The van der Waals surface area contributed by atoms with Gasteiger partial charge in [0.1, 0.15) is 0 Å². The summed E-state index contributed by atoms with van der Waals surface area (Å²) in [6, 6.07) is 8.53. The second kappa shape index (κ2) is 7.72. The molecule has 2 N–H and O–H groups in total. The van der Waals surface area contributed by atoms with E-state index in [1.165, 1.54) is 5.56 Å². The molecule has 0 bridgehead atoms. The van der Waals surface area contributed by atoms with Crippen molar-refractivity contribution in [2.75, 3.05) is 32.8 Å². The zero-order chi connectivity index (χ0) is 15.2. The van der Waals surface area contributed by atoms with Gasteiger partial charge in [-0.3, -0.25) is 9.69 Å². The Morgan fingerprint density at radius 1 is 1.23 bits per heavy atom. The Balaban J connectivity index is 1.45. The Kier molecular flexibility index (Phi) is 5.43. The maximum absolute atomic E-state index is 12.0. The van der Waals surface area contributed by atoms with Crippen LogP contribution in [-0.4, -0.2) is 49.7 Å². The molecule has 120 valence electrons. The number of amides is 1. The lowest BCUT2D eigenvalue weighted by molar-refractivity contribution is -0.122. The van der Waals surface area contributed by atoms with Crippen molar-refractivity contribution in [3.63, 3.8) is 0 Å². The number of rotatable bonds is 5. The minimum atomic E-state index is 0.000550. The van der Waals surface area contributed by atoms with Crippen LogP contribution in [-0.2, 0) is 22.6 Å². The fourth-order valence-electron chi connectivity index (χ4n) is 3.00. The van der Waals surface area contributed by atoms with Crippen LogP contribution in [0.3, 0.4) is 0 Å². The summed E-state index contributed by atoms with van der Waals surface area (Å²) in [5.41, 5.74) is 2.46. The molecule has 2 fully saturated rings. The summed E-state index contributed by atoms with van der Waals surface area (Å²) >= 11 is 0. The lowest BCUT2D eigenvalue weighted by Gasteiger charge is -2.26. The first kappa shape index (κ1) is 15.5. The first-order valence-electron chi connectivity index (χ1n) is 8.20. The standard InChI is InChI=1S/C17H25N3O2/c21-17(16-2-1-7-18-16)19-12-14-3-5-15(6-4-14)13-20-8-10-22-11-9-20/h3-6,16,18H,1-2,7-13H2,(H,19,21). The van der Waals surface area contributed by atoms with Gasteiger partial charge in [-0.1, -0.05) is 24.3 Å². The quantitative estimate of drug-likeness (QED) is 0.848. The minimum Gasteiger partial charge on any atom is -0.379 e. The van der Waals surface area contributed by atoms with Crippen LogP contribution in [0.1, 0.15) is 24.0 Å². The molecule has 1 atom stereocenters. The Morgan fingerprint density at radius 2 is 1.95 bits per heavy atom. The van der Waals surface area contributed by atoms with Crippen LogP contribution >= 0.6 is 0 Å². The molecule has 2 heterocycles. The van der Waals surface area contributed by atoms with Gasteiger partial charge in [-0.2, -0.15) is 0 Å². The molecule has 0 aromatic heterocycles. The van der Waals surface area contributed by atoms with Gasteiger partial charge in [0.25, 0.3) is 0 Å². The van der Waals surface area contributed by atoms with Crippen LogP contribution in [0.4, 0.5) is 0 Å². The van der Waals surface area contributed by atoms with E-state index >= 15 is 0 Å². The van der Waals surface area contributed by atoms with Crippen LogP contribution in [0.25, 0.3) is 0 Å². The van der Waals surface area contributed by atoms with Crippen LogP contribution in [0.15, 0.2) is 24.3 Å². The Hall–Kier alpha value is -1.43. The average molecular weight is 303 g/mol. The molecule has 1 aromatic rings. The maximum Gasteiger partial charge on any atom is 0.237 e. The van der Waals surface area contributed by atoms with E-state index in [1.54, 1.807) is 0 Å². The molecular formula is C17H25N3O2. The minimum absolute atomic E-state index is 0.000550. The molecule has 5 nitrogen and oxygen atoms in total. The fraction of sp³-hybridized carbons (Fsp3) is 0.588. The SMILES string of the molecule is O=C(NCc1ccc(CN2CCOCC2)cc1)C1CCCN1. The first-order chi connectivity index (χ1) is 10.8. The highest BCUT2D eigenvalue weighted by Gasteiger charge is 2.21. The number of ether oxygens (including phenoxy) is 1. The van der Waals surface area contributed by atoms with Crippen molar-refractivity contribution in [3.05, 3.63) is 35.4 Å². The van der Waals surface area contributed by atoms with Crippen LogP contribution in [0.2, 0.25) is 0 Å². The summed E-state index contributed by atoms with van der Waals surface area (Å²) < 4.78 is 5.37. The van der Waals surface area contributed by atoms with E-state index in [4.69, 9.17) is 4.74 Å². The summed E-state index contributed by atoms with van der Waals surface area (Å²) in [7, 11) is 0. The molecule has 0 radical (unpaired) electrons. The maximum atomic E-state index is 12.0. The summed E-state index contributed by atoms with van der Waals surface area (Å²) in [4.78, 5) is 14.4. The topological polar surface area (TPSA) is 53.6 Å². The highest BCUT2D eigenvalue weighted by molar-refractivity contribution is 5.81. The van der Waals surface area contributed by atoms with Crippen molar-refractivity contribution in [1.29, 1.82) is 0 Å². The number of hydrogen-bond donors (Lipinski definition) is 2. The van der Waals surface area contributed by atoms with E-state index in [-0.39, 0.29) is 11.9 Å². The van der Waals surface area contributed by atoms with E-state index in [0.29, 0.717) is 6.54 Å². The molecule has 3 rings (SSSR count). The third-order valence-corrected chi connectivity index (χ3v) is 4.38. The van der Waals surface area contributed by atoms with Gasteiger partial charge < -0.3 is 15.4 Å². The normalized spacial score (nSPS) is 22.6. The zero-order valence-electron chi connectivity index (χ0n) is 13.0. The molecule has 2 aliphatic rings. The summed E-state index contributed by atoms with van der Waals surface area (Å²) in [6.45, 7) is 6.21. The largest absolute Gasteiger partial charge is 0.379 e. The molecule has 5 heteroatoms. The Bertz CT molecular complexity index is 477. The van der Waals surface area contributed by atoms with Gasteiger partial charge in [0, 0.05) is 26.2 Å². The highest BCUT2D eigenvalue weighted by atomic mass is 16.5. The van der Waals surface area contributed by atoms with Gasteiger partial charge in [-0.15, -0.1) is 0 Å². The molecular weight excluding hydrogens is 278 g/mol. The number of carbonyl (C=O) groups excluding carboxylic acids is 1. The molecule has 1 amide bonds. The van der Waals surface area contributed by atoms with Crippen molar-refractivity contribution in [3.8, 4) is 0 Å². The van der Waals surface area contributed by atoms with E-state index in [1.807, 2.05) is 0 Å². The first-order valence-corrected chi connectivity index (χ1v) is 8.20. The molecule has 1 unspecified atom stereocenters. The lowest BCUT2D eigenvalue weighted by Crippen LogP contribution is -2.40. The summed E-state index contributed by atoms with van der Waals surface area (Å²) in [6.07, 6.45) is 2.04. The molecule has 22 heavy (non-hydrogen) atoms. The van der Waals surface area contributed by atoms with E-state index in [2.05, 4.69) is 39.8 Å². The molecule has 2 saturated heterocycles. The van der Waals surface area contributed by atoms with Crippen LogP contribution in [0, 0.1) is 0 Å². The smallest absolute Gasteiger partial charge is 0.237 e. The Morgan fingerprint density at radius 3 is 2.64 bits per heavy atom. The van der Waals surface area contributed by atoms with E-state index < -0.39 is 0 Å². The summed E-state index contributed by atoms with van der Waals surface area (Å²) in [5.74, 6) is 0.120. The predicted octanol–water partition coefficient (Wildman–Crippen LogP) is 0.887. The van der Waals surface area contributed by atoms with Crippen molar-refractivity contribution in [2.24, 2.45) is 0 Å². The number of nitrogens with one attached hydrogen (secondary N) is 2. The number of nitrogens with zero attached hydrogens (tertiary/aromatic N) is 1.